The molecular weight excluding hydrogens is 664 g/mol. The maximum atomic E-state index is 14.6. The summed E-state index contributed by atoms with van der Waals surface area (Å²) in [6.45, 7) is 14.2. The second-order valence-electron chi connectivity index (χ2n) is 13.8. The average molecular weight is 696 g/mol. The van der Waals surface area contributed by atoms with Crippen LogP contribution in [0.2, 0.25) is 0 Å². The van der Waals surface area contributed by atoms with Gasteiger partial charge in [-0.05, 0) is 115 Å². The third kappa shape index (κ3) is 5.11. The zero-order chi connectivity index (χ0) is 36.6. The van der Waals surface area contributed by atoms with E-state index in [4.69, 9.17) is 6.57 Å². The summed E-state index contributed by atoms with van der Waals surface area (Å²) in [7, 11) is 0. The van der Waals surface area contributed by atoms with Crippen LogP contribution < -0.4 is 0 Å². The Hall–Kier alpha value is -6.58. The van der Waals surface area contributed by atoms with Crippen molar-refractivity contribution >= 4 is 49.3 Å². The molecule has 0 fully saturated rings. The van der Waals surface area contributed by atoms with Crippen LogP contribution in [0.25, 0.3) is 82.1 Å². The first kappa shape index (κ1) is 32.3. The van der Waals surface area contributed by atoms with E-state index in [0.717, 1.165) is 72.2 Å². The zero-order valence-corrected chi connectivity index (χ0v) is 29.3. The lowest BCUT2D eigenvalue weighted by molar-refractivity contribution is -0.137. The van der Waals surface area contributed by atoms with Gasteiger partial charge in [0.2, 0.25) is 0 Å². The monoisotopic (exact) mass is 695 g/mol. The molecule has 0 atom stereocenters. The maximum absolute atomic E-state index is 14.6. The highest BCUT2D eigenvalue weighted by Crippen LogP contribution is 2.45. The summed E-state index contributed by atoms with van der Waals surface area (Å²) in [6.07, 6.45) is -4.55. The predicted octanol–water partition coefficient (Wildman–Crippen LogP) is 13.7. The molecule has 2 heterocycles. The largest absolute Gasteiger partial charge is 0.417 e. The predicted molar refractivity (Wildman–Crippen MR) is 211 cm³/mol. The van der Waals surface area contributed by atoms with Crippen molar-refractivity contribution in [2.75, 3.05) is 0 Å². The molecule has 9 rings (SSSR count). The molecule has 0 saturated heterocycles. The van der Waals surface area contributed by atoms with Crippen LogP contribution in [0.3, 0.4) is 0 Å². The Labute approximate surface area is 304 Å². The van der Waals surface area contributed by atoms with Gasteiger partial charge >= 0.3 is 6.18 Å². The van der Waals surface area contributed by atoms with E-state index >= 15 is 0 Å². The van der Waals surface area contributed by atoms with Crippen molar-refractivity contribution in [3.05, 3.63) is 173 Å². The third-order valence-corrected chi connectivity index (χ3v) is 10.4. The lowest BCUT2D eigenvalue weighted by Crippen LogP contribution is -2.08. The van der Waals surface area contributed by atoms with Crippen LogP contribution in [0.5, 0.6) is 0 Å². The van der Waals surface area contributed by atoms with E-state index in [2.05, 4.69) is 88.5 Å². The van der Waals surface area contributed by atoms with Gasteiger partial charge in [0.15, 0.2) is 5.69 Å². The van der Waals surface area contributed by atoms with Gasteiger partial charge in [0.25, 0.3) is 0 Å². The SMILES string of the molecule is [C-]#[N+]c1ccc(-n2c3ccccc3c3cc(C)ccc32)cc1-c1cc(-c2c(C)cccc2C(F)(F)F)ccc1-n1c2ccccc2c2cc(C)ccc21. The summed E-state index contributed by atoms with van der Waals surface area (Å²) in [6, 6.07) is 44.8. The van der Waals surface area contributed by atoms with Crippen LogP contribution in [0.15, 0.2) is 140 Å². The molecule has 0 saturated carbocycles. The van der Waals surface area contributed by atoms with E-state index in [0.29, 0.717) is 27.9 Å². The Kier molecular flexibility index (Phi) is 7.32. The van der Waals surface area contributed by atoms with Crippen molar-refractivity contribution in [1.29, 1.82) is 0 Å². The first-order chi connectivity index (χ1) is 25.6. The molecular formula is C47H32F3N3. The van der Waals surface area contributed by atoms with Crippen LogP contribution in [0.1, 0.15) is 22.3 Å². The highest BCUT2D eigenvalue weighted by atomic mass is 19.4. The molecule has 0 N–H and O–H groups in total. The topological polar surface area (TPSA) is 14.2 Å². The van der Waals surface area contributed by atoms with Gasteiger partial charge in [-0.3, -0.25) is 0 Å². The van der Waals surface area contributed by atoms with E-state index < -0.39 is 11.7 Å². The zero-order valence-electron chi connectivity index (χ0n) is 29.3. The molecule has 6 heteroatoms. The molecule has 7 aromatic carbocycles. The fourth-order valence-electron chi connectivity index (χ4n) is 8.08. The highest BCUT2D eigenvalue weighted by Gasteiger charge is 2.34. The second-order valence-corrected chi connectivity index (χ2v) is 13.8. The van der Waals surface area contributed by atoms with E-state index in [1.165, 1.54) is 6.07 Å². The fraction of sp³-hybridized carbons (Fsp3) is 0.0851. The Morgan fingerprint density at radius 3 is 1.77 bits per heavy atom. The lowest BCUT2D eigenvalue weighted by atomic mass is 9.91. The summed E-state index contributed by atoms with van der Waals surface area (Å²) < 4.78 is 48.1. The molecule has 0 aliphatic heterocycles. The minimum absolute atomic E-state index is 0.129. The van der Waals surface area contributed by atoms with Gasteiger partial charge in [-0.1, -0.05) is 83.9 Å². The Morgan fingerprint density at radius 1 is 0.528 bits per heavy atom. The molecule has 9 aromatic rings. The van der Waals surface area contributed by atoms with Crippen molar-refractivity contribution in [2.24, 2.45) is 0 Å². The number of fused-ring (bicyclic) bond motifs is 6. The van der Waals surface area contributed by atoms with Crippen LogP contribution >= 0.6 is 0 Å². The van der Waals surface area contributed by atoms with E-state index in [-0.39, 0.29) is 5.56 Å². The number of hydrogen-bond acceptors (Lipinski definition) is 0. The molecule has 0 aliphatic rings. The minimum atomic E-state index is -4.55. The molecule has 0 aliphatic carbocycles. The van der Waals surface area contributed by atoms with Gasteiger partial charge < -0.3 is 9.13 Å². The number of benzene rings is 7. The normalized spacial score (nSPS) is 11.9. The van der Waals surface area contributed by atoms with Gasteiger partial charge in [0.1, 0.15) is 0 Å². The molecule has 0 unspecified atom stereocenters. The Morgan fingerprint density at radius 2 is 1.13 bits per heavy atom. The molecule has 0 bridgehead atoms. The number of para-hydroxylation sites is 2. The van der Waals surface area contributed by atoms with Gasteiger partial charge in [0, 0.05) is 27.2 Å². The number of aryl methyl sites for hydroxylation is 3. The molecule has 256 valence electrons. The highest BCUT2D eigenvalue weighted by molar-refractivity contribution is 6.11. The van der Waals surface area contributed by atoms with Crippen molar-refractivity contribution in [3.63, 3.8) is 0 Å². The summed E-state index contributed by atoms with van der Waals surface area (Å²) in [5, 5.41) is 4.39. The summed E-state index contributed by atoms with van der Waals surface area (Å²) in [5.41, 5.74) is 9.97. The first-order valence-electron chi connectivity index (χ1n) is 17.5. The molecule has 0 amide bonds. The smallest absolute Gasteiger partial charge is 0.309 e. The number of nitrogens with zero attached hydrogens (tertiary/aromatic N) is 3. The van der Waals surface area contributed by atoms with E-state index in [9.17, 15) is 13.2 Å². The molecule has 53 heavy (non-hydrogen) atoms. The van der Waals surface area contributed by atoms with Crippen molar-refractivity contribution in [3.8, 4) is 33.6 Å². The lowest BCUT2D eigenvalue weighted by Gasteiger charge is -2.20. The minimum Gasteiger partial charge on any atom is -0.309 e. The molecule has 0 radical (unpaired) electrons. The number of aromatic nitrogens is 2. The van der Waals surface area contributed by atoms with Crippen LogP contribution in [-0.4, -0.2) is 9.13 Å². The van der Waals surface area contributed by atoms with E-state index in [1.807, 2.05) is 54.6 Å². The second kappa shape index (κ2) is 12.0. The standard InChI is InChI=1S/C47H32F3N3/c1-28-16-21-43-36(24-28)33-11-5-7-14-41(33)52(43)32-19-20-40(51-4)35(27-32)38-26-31(46-30(3)10-9-13-39(46)47(48,49)50)18-23-45(38)53-42-15-8-6-12-34(42)37-25-29(2)17-22-44(37)53/h5-27H,1-3H3. The summed E-state index contributed by atoms with van der Waals surface area (Å²) in [5.74, 6) is 0. The molecule has 2 aromatic heterocycles. The van der Waals surface area contributed by atoms with Gasteiger partial charge in [-0.2, -0.15) is 13.2 Å². The maximum Gasteiger partial charge on any atom is 0.417 e. The average Bonchev–Trinajstić information content (AvgIpc) is 3.66. The van der Waals surface area contributed by atoms with Crippen molar-refractivity contribution < 1.29 is 13.2 Å². The number of alkyl halides is 3. The van der Waals surface area contributed by atoms with Crippen LogP contribution in [-0.2, 0) is 6.18 Å². The number of hydrogen-bond donors (Lipinski definition) is 0. The number of rotatable bonds is 4. The Bertz CT molecular complexity index is 2990. The van der Waals surface area contributed by atoms with Crippen LogP contribution in [0, 0.1) is 27.3 Å². The van der Waals surface area contributed by atoms with Crippen LogP contribution in [0.4, 0.5) is 18.9 Å². The summed E-state index contributed by atoms with van der Waals surface area (Å²) >= 11 is 0. The fourth-order valence-corrected chi connectivity index (χ4v) is 8.08. The van der Waals surface area contributed by atoms with Gasteiger partial charge in [-0.15, -0.1) is 0 Å². The molecule has 0 spiro atoms. The van der Waals surface area contributed by atoms with Gasteiger partial charge in [0.05, 0.1) is 39.9 Å². The van der Waals surface area contributed by atoms with Crippen molar-refractivity contribution in [1.82, 2.24) is 9.13 Å². The third-order valence-electron chi connectivity index (χ3n) is 10.4. The van der Waals surface area contributed by atoms with Crippen molar-refractivity contribution in [2.45, 2.75) is 26.9 Å². The van der Waals surface area contributed by atoms with Gasteiger partial charge in [-0.25, -0.2) is 4.85 Å². The quantitative estimate of drug-likeness (QED) is 0.163. The van der Waals surface area contributed by atoms with E-state index in [1.54, 1.807) is 19.1 Å². The first-order valence-corrected chi connectivity index (χ1v) is 17.5. The molecule has 3 nitrogen and oxygen atoms in total. The summed E-state index contributed by atoms with van der Waals surface area (Å²) in [4.78, 5) is 3.99. The Balaban J connectivity index is 1.40. The number of halogens is 3.